The Hall–Kier alpha value is -4.66. The number of fused-ring (bicyclic) bond motifs is 1. The average Bonchev–Trinajstić information content (AvgIpc) is 3.35. The van der Waals surface area contributed by atoms with Gasteiger partial charge in [0.15, 0.2) is 0 Å². The van der Waals surface area contributed by atoms with E-state index in [-0.39, 0.29) is 47.8 Å². The van der Waals surface area contributed by atoms with Crippen molar-refractivity contribution in [2.45, 2.75) is 64.7 Å². The molecular weight excluding hydrogens is 611 g/mol. The summed E-state index contributed by atoms with van der Waals surface area (Å²) in [4.78, 5) is 56.9. The summed E-state index contributed by atoms with van der Waals surface area (Å²) >= 11 is 0. The molecule has 0 aliphatic carbocycles. The largest absolute Gasteiger partial charge is 0.480 e. The summed E-state index contributed by atoms with van der Waals surface area (Å²) in [6, 6.07) is 7.68. The number of alkyl halides is 3. The van der Waals surface area contributed by atoms with Gasteiger partial charge in [-0.05, 0) is 69.7 Å². The molecule has 2 atom stereocenters. The monoisotopic (exact) mass is 647 g/mol. The van der Waals surface area contributed by atoms with Gasteiger partial charge < -0.3 is 29.7 Å². The van der Waals surface area contributed by atoms with Crippen molar-refractivity contribution in [1.82, 2.24) is 19.8 Å². The first-order chi connectivity index (χ1) is 21.4. The van der Waals surface area contributed by atoms with Crippen LogP contribution in [0.5, 0.6) is 0 Å². The highest BCUT2D eigenvalue weighted by Crippen LogP contribution is 2.35. The number of carboxylic acid groups (broad SMARTS) is 1. The van der Waals surface area contributed by atoms with E-state index in [9.17, 15) is 32.3 Å². The van der Waals surface area contributed by atoms with Crippen LogP contribution in [0.2, 0.25) is 0 Å². The van der Waals surface area contributed by atoms with Gasteiger partial charge >= 0.3 is 18.2 Å². The Morgan fingerprint density at radius 1 is 1.11 bits per heavy atom. The van der Waals surface area contributed by atoms with Crippen LogP contribution in [0.25, 0.3) is 10.9 Å². The molecular formula is C31H36F3N5O7. The molecule has 2 aromatic carbocycles. The first kappa shape index (κ1) is 34.2. The number of benzene rings is 2. The number of amides is 2. The molecule has 3 aromatic rings. The van der Waals surface area contributed by atoms with E-state index < -0.39 is 53.7 Å². The van der Waals surface area contributed by atoms with Gasteiger partial charge in [-0.3, -0.25) is 19.0 Å². The maximum atomic E-state index is 14.1. The Bertz CT molecular complexity index is 1700. The third-order valence-electron chi connectivity index (χ3n) is 7.49. The maximum absolute atomic E-state index is 14.1. The van der Waals surface area contributed by atoms with Gasteiger partial charge in [-0.25, -0.2) is 9.78 Å². The number of rotatable bonds is 8. The Labute approximate surface area is 262 Å². The van der Waals surface area contributed by atoms with Crippen molar-refractivity contribution in [2.24, 2.45) is 0 Å². The molecule has 0 saturated carbocycles. The van der Waals surface area contributed by atoms with Crippen LogP contribution in [0.3, 0.4) is 0 Å². The van der Waals surface area contributed by atoms with E-state index in [1.807, 2.05) is 0 Å². The predicted molar refractivity (Wildman–Crippen MR) is 162 cm³/mol. The SMILES string of the molecule is COC1CN(C(=O)c2ccc(N(C)Cc3cc4c(=O)n(CC(=O)O)c(C)nc4cc3C(F)(F)F)cc2)CC1NC(=O)OC(C)(C)C. The number of aryl methyl sites for hydroxylation is 1. The Morgan fingerprint density at radius 2 is 1.76 bits per heavy atom. The second-order valence-electron chi connectivity index (χ2n) is 12.1. The molecule has 46 heavy (non-hydrogen) atoms. The molecule has 0 spiro atoms. The van der Waals surface area contributed by atoms with Gasteiger partial charge in [0.1, 0.15) is 18.0 Å². The van der Waals surface area contributed by atoms with Crippen LogP contribution in [0, 0.1) is 6.92 Å². The van der Waals surface area contributed by atoms with E-state index in [1.54, 1.807) is 52.1 Å². The van der Waals surface area contributed by atoms with Gasteiger partial charge in [-0.2, -0.15) is 13.2 Å². The fourth-order valence-corrected chi connectivity index (χ4v) is 5.30. The third-order valence-corrected chi connectivity index (χ3v) is 7.49. The van der Waals surface area contributed by atoms with Crippen molar-refractivity contribution in [3.05, 3.63) is 69.3 Å². The minimum absolute atomic E-state index is 0.0194. The molecule has 0 radical (unpaired) electrons. The molecule has 2 amide bonds. The quantitative estimate of drug-likeness (QED) is 0.373. The van der Waals surface area contributed by atoms with Crippen LogP contribution in [0.1, 0.15) is 48.1 Å². The minimum Gasteiger partial charge on any atom is -0.480 e. The van der Waals surface area contributed by atoms with E-state index in [2.05, 4.69) is 10.3 Å². The smallest absolute Gasteiger partial charge is 0.416 e. The van der Waals surface area contributed by atoms with E-state index in [1.165, 1.54) is 23.8 Å². The number of carbonyl (C=O) groups is 3. The number of likely N-dealkylation sites (tertiary alicyclic amines) is 1. The number of anilines is 1. The van der Waals surface area contributed by atoms with Crippen LogP contribution in [0.4, 0.5) is 23.7 Å². The third kappa shape index (κ3) is 7.76. The topological polar surface area (TPSA) is 143 Å². The standard InChI is InChI=1S/C31H36F3N5O7/c1-17-35-23-12-22(31(32,33)34)19(11-21(23)28(43)39(17)16-26(40)41)13-37(5)20-9-7-18(8-10-20)27(42)38-14-24(25(15-38)45-6)36-29(44)46-30(2,3)4/h7-12,24-25H,13-16H2,1-6H3,(H,36,44)(H,40,41). The van der Waals surface area contributed by atoms with Crippen LogP contribution in [0.15, 0.2) is 41.2 Å². The highest BCUT2D eigenvalue weighted by Gasteiger charge is 2.38. The summed E-state index contributed by atoms with van der Waals surface area (Å²) in [5, 5.41) is 11.8. The minimum atomic E-state index is -4.75. The summed E-state index contributed by atoms with van der Waals surface area (Å²) in [5.41, 5.74) is -2.00. The zero-order chi connectivity index (χ0) is 34.1. The fourth-order valence-electron chi connectivity index (χ4n) is 5.30. The number of alkyl carbamates (subject to hydrolysis) is 1. The lowest BCUT2D eigenvalue weighted by Crippen LogP contribution is -2.45. The average molecular weight is 648 g/mol. The van der Waals surface area contributed by atoms with Crippen molar-refractivity contribution in [1.29, 1.82) is 0 Å². The molecule has 2 heterocycles. The summed E-state index contributed by atoms with van der Waals surface area (Å²) in [7, 11) is 3.05. The highest BCUT2D eigenvalue weighted by molar-refractivity contribution is 5.95. The Morgan fingerprint density at radius 3 is 2.33 bits per heavy atom. The molecule has 2 unspecified atom stereocenters. The lowest BCUT2D eigenvalue weighted by Gasteiger charge is -2.23. The van der Waals surface area contributed by atoms with E-state index in [4.69, 9.17) is 14.6 Å². The zero-order valence-electron chi connectivity index (χ0n) is 26.3. The molecule has 1 aliphatic heterocycles. The van der Waals surface area contributed by atoms with E-state index in [0.29, 0.717) is 11.3 Å². The van der Waals surface area contributed by atoms with Crippen LogP contribution in [-0.4, -0.2) is 82.5 Å². The molecule has 1 aromatic heterocycles. The first-order valence-corrected chi connectivity index (χ1v) is 14.3. The van der Waals surface area contributed by atoms with Crippen LogP contribution in [-0.2, 0) is 33.5 Å². The summed E-state index contributed by atoms with van der Waals surface area (Å²) in [6.07, 6.45) is -5.84. The summed E-state index contributed by atoms with van der Waals surface area (Å²) < 4.78 is 54.0. The molecule has 4 rings (SSSR count). The van der Waals surface area contributed by atoms with Crippen LogP contribution >= 0.6 is 0 Å². The van der Waals surface area contributed by atoms with Crippen molar-refractivity contribution in [3.63, 3.8) is 0 Å². The fraction of sp³-hybridized carbons (Fsp3) is 0.452. The van der Waals surface area contributed by atoms with E-state index >= 15 is 0 Å². The number of nitrogens with zero attached hydrogens (tertiary/aromatic N) is 4. The second kappa shape index (κ2) is 13.0. The van der Waals surface area contributed by atoms with Gasteiger partial charge in [0.25, 0.3) is 11.5 Å². The Kier molecular flexibility index (Phi) is 9.66. The van der Waals surface area contributed by atoms with Gasteiger partial charge in [0, 0.05) is 45.0 Å². The predicted octanol–water partition coefficient (Wildman–Crippen LogP) is 3.81. The van der Waals surface area contributed by atoms with Crippen molar-refractivity contribution in [3.8, 4) is 0 Å². The lowest BCUT2D eigenvalue weighted by molar-refractivity contribution is -0.138. The number of hydrogen-bond donors (Lipinski definition) is 2. The van der Waals surface area contributed by atoms with Gasteiger partial charge in [0.05, 0.1) is 28.6 Å². The lowest BCUT2D eigenvalue weighted by atomic mass is 10.0. The Balaban J connectivity index is 1.54. The molecule has 2 N–H and O–H groups in total. The zero-order valence-corrected chi connectivity index (χ0v) is 26.3. The maximum Gasteiger partial charge on any atom is 0.416 e. The van der Waals surface area contributed by atoms with Crippen LogP contribution < -0.4 is 15.8 Å². The summed E-state index contributed by atoms with van der Waals surface area (Å²) in [6.45, 7) is 6.04. The number of carbonyl (C=O) groups excluding carboxylic acids is 2. The van der Waals surface area contributed by atoms with Crippen molar-refractivity contribution >= 4 is 34.6 Å². The number of nitrogens with one attached hydrogen (secondary N) is 1. The molecule has 12 nitrogen and oxygen atoms in total. The first-order valence-electron chi connectivity index (χ1n) is 14.3. The van der Waals surface area contributed by atoms with Crippen molar-refractivity contribution in [2.75, 3.05) is 32.1 Å². The molecule has 1 aliphatic rings. The number of aromatic nitrogens is 2. The number of ether oxygens (including phenoxy) is 2. The number of methoxy groups -OCH3 is 1. The molecule has 1 fully saturated rings. The second-order valence-corrected chi connectivity index (χ2v) is 12.1. The number of carboxylic acids is 1. The highest BCUT2D eigenvalue weighted by atomic mass is 19.4. The molecule has 248 valence electrons. The number of halogens is 3. The van der Waals surface area contributed by atoms with Gasteiger partial charge in [-0.15, -0.1) is 0 Å². The number of aliphatic carboxylic acids is 1. The van der Waals surface area contributed by atoms with Gasteiger partial charge in [0.2, 0.25) is 0 Å². The molecule has 1 saturated heterocycles. The van der Waals surface area contributed by atoms with E-state index in [0.717, 1.165) is 16.7 Å². The molecule has 15 heteroatoms. The number of hydrogen-bond acceptors (Lipinski definition) is 8. The summed E-state index contributed by atoms with van der Waals surface area (Å²) in [5.74, 6) is -1.63. The van der Waals surface area contributed by atoms with Crippen molar-refractivity contribution < 1.29 is 42.1 Å². The van der Waals surface area contributed by atoms with Gasteiger partial charge in [-0.1, -0.05) is 0 Å². The molecule has 0 bridgehead atoms. The normalized spacial score (nSPS) is 16.8.